The Labute approximate surface area is 78.2 Å². The van der Waals surface area contributed by atoms with Crippen LogP contribution in [0.4, 0.5) is 22.0 Å². The van der Waals surface area contributed by atoms with E-state index in [1.807, 2.05) is 0 Å². The summed E-state index contributed by atoms with van der Waals surface area (Å²) in [4.78, 5) is 0. The Hall–Kier alpha value is 0.670. The second-order valence-corrected chi connectivity index (χ2v) is 3.55. The van der Waals surface area contributed by atoms with Crippen molar-refractivity contribution < 1.29 is 22.0 Å². The fraction of sp³-hybridized carbons (Fsp3) is 1.00. The predicted molar refractivity (Wildman–Crippen MR) is 39.5 cm³/mol. The summed E-state index contributed by atoms with van der Waals surface area (Å²) < 4.78 is 56.7. The van der Waals surface area contributed by atoms with E-state index in [1.54, 1.807) is 0 Å². The number of hydrogen-bond acceptors (Lipinski definition) is 0. The second-order valence-electron chi connectivity index (χ2n) is 1.74. The molecule has 0 N–H and O–H groups in total. The molecule has 11 heavy (non-hydrogen) atoms. The fourth-order valence-corrected chi connectivity index (χ4v) is 0.821. The summed E-state index contributed by atoms with van der Waals surface area (Å²) in [5.74, 6) is -5.43. The van der Waals surface area contributed by atoms with E-state index in [-0.39, 0.29) is 0 Å². The smallest absolute Gasteiger partial charge is 0.195 e. The Morgan fingerprint density at radius 2 is 1.55 bits per heavy atom. The average Bonchev–Trinajstić information content (AvgIpc) is 1.83. The lowest BCUT2D eigenvalue weighted by Gasteiger charge is -2.22. The van der Waals surface area contributed by atoms with Crippen LogP contribution in [0.25, 0.3) is 0 Å². The molecule has 0 saturated carbocycles. The largest absolute Gasteiger partial charge is 0.454 e. The van der Waals surface area contributed by atoms with Gasteiger partial charge in [0.05, 0.1) is 3.92 Å². The monoisotopic (exact) mass is 308 g/mol. The Bertz CT molecular complexity index is 133. The summed E-state index contributed by atoms with van der Waals surface area (Å²) in [6.45, 7) is 0. The third kappa shape index (κ3) is 2.57. The first-order chi connectivity index (χ1) is 4.73. The van der Waals surface area contributed by atoms with Gasteiger partial charge in [0.2, 0.25) is 0 Å². The maximum atomic E-state index is 12.1. The topological polar surface area (TPSA) is 0 Å². The van der Waals surface area contributed by atoms with Crippen molar-refractivity contribution in [2.75, 3.05) is 5.88 Å². The first-order valence-electron chi connectivity index (χ1n) is 2.38. The molecule has 0 rings (SSSR count). The van der Waals surface area contributed by atoms with Gasteiger partial charge in [0.15, 0.2) is 0 Å². The zero-order valence-electron chi connectivity index (χ0n) is 4.93. The minimum atomic E-state index is -5.51. The second kappa shape index (κ2) is 3.59. The van der Waals surface area contributed by atoms with Crippen LogP contribution in [-0.2, 0) is 0 Å². The quantitative estimate of drug-likeness (QED) is 0.417. The van der Waals surface area contributed by atoms with Crippen LogP contribution >= 0.6 is 34.2 Å². The SMILES string of the molecule is FC(F)(F)C(F)(F)C(I)CCl. The summed E-state index contributed by atoms with van der Waals surface area (Å²) in [6.07, 6.45) is -5.51. The lowest BCUT2D eigenvalue weighted by Crippen LogP contribution is -2.44. The Morgan fingerprint density at radius 3 is 1.64 bits per heavy atom. The van der Waals surface area contributed by atoms with Gasteiger partial charge in [0, 0.05) is 5.88 Å². The van der Waals surface area contributed by atoms with Crippen molar-refractivity contribution in [3.8, 4) is 0 Å². The van der Waals surface area contributed by atoms with Gasteiger partial charge >= 0.3 is 12.1 Å². The molecule has 0 nitrogen and oxygen atoms in total. The highest BCUT2D eigenvalue weighted by Crippen LogP contribution is 2.41. The van der Waals surface area contributed by atoms with Gasteiger partial charge in [-0.1, -0.05) is 22.6 Å². The van der Waals surface area contributed by atoms with Crippen molar-refractivity contribution in [3.05, 3.63) is 0 Å². The average molecular weight is 308 g/mol. The van der Waals surface area contributed by atoms with Crippen molar-refractivity contribution >= 4 is 34.2 Å². The van der Waals surface area contributed by atoms with Crippen LogP contribution in [-0.4, -0.2) is 21.9 Å². The maximum absolute atomic E-state index is 12.1. The van der Waals surface area contributed by atoms with E-state index in [1.165, 1.54) is 0 Å². The number of hydrogen-bond donors (Lipinski definition) is 0. The zero-order chi connectivity index (χ0) is 9.28. The van der Waals surface area contributed by atoms with Gasteiger partial charge in [0.25, 0.3) is 0 Å². The summed E-state index contributed by atoms with van der Waals surface area (Å²) in [5, 5.41) is 0. The normalized spacial score (nSPS) is 16.6. The molecule has 0 heterocycles. The molecule has 0 aromatic rings. The number of alkyl halides is 7. The van der Waals surface area contributed by atoms with E-state index >= 15 is 0 Å². The van der Waals surface area contributed by atoms with Crippen LogP contribution in [0.15, 0.2) is 0 Å². The molecule has 0 amide bonds. The van der Waals surface area contributed by atoms with Gasteiger partial charge in [-0.3, -0.25) is 0 Å². The van der Waals surface area contributed by atoms with Crippen LogP contribution in [0.2, 0.25) is 0 Å². The standard InChI is InChI=1S/C4H3ClF5I/c5-1-2(11)3(6,7)4(8,9)10/h2H,1H2. The molecule has 1 unspecified atom stereocenters. The van der Waals surface area contributed by atoms with E-state index in [4.69, 9.17) is 11.6 Å². The molecule has 0 aliphatic rings. The van der Waals surface area contributed by atoms with E-state index in [2.05, 4.69) is 0 Å². The summed E-state index contributed by atoms with van der Waals surface area (Å²) in [6, 6.07) is 0. The van der Waals surface area contributed by atoms with Gasteiger partial charge in [-0.2, -0.15) is 22.0 Å². The zero-order valence-corrected chi connectivity index (χ0v) is 7.84. The van der Waals surface area contributed by atoms with Crippen molar-refractivity contribution in [2.45, 2.75) is 16.0 Å². The molecule has 7 heteroatoms. The first kappa shape index (κ1) is 11.7. The molecule has 0 spiro atoms. The van der Waals surface area contributed by atoms with E-state index in [9.17, 15) is 22.0 Å². The van der Waals surface area contributed by atoms with Gasteiger partial charge in [-0.25, -0.2) is 0 Å². The third-order valence-electron chi connectivity index (χ3n) is 0.907. The van der Waals surface area contributed by atoms with Crippen LogP contribution in [0.5, 0.6) is 0 Å². The van der Waals surface area contributed by atoms with E-state index in [0.717, 1.165) is 22.6 Å². The highest BCUT2D eigenvalue weighted by molar-refractivity contribution is 14.1. The number of rotatable bonds is 2. The van der Waals surface area contributed by atoms with Crippen molar-refractivity contribution in [1.29, 1.82) is 0 Å². The number of halogens is 7. The summed E-state index contributed by atoms with van der Waals surface area (Å²) in [5.41, 5.74) is 0. The van der Waals surface area contributed by atoms with Crippen molar-refractivity contribution in [1.82, 2.24) is 0 Å². The van der Waals surface area contributed by atoms with Gasteiger partial charge < -0.3 is 0 Å². The lowest BCUT2D eigenvalue weighted by atomic mass is 10.2. The highest BCUT2D eigenvalue weighted by atomic mass is 127. The minimum absolute atomic E-state index is 0.729. The molecule has 0 radical (unpaired) electrons. The minimum Gasteiger partial charge on any atom is -0.195 e. The molecular formula is C4H3ClF5I. The van der Waals surface area contributed by atoms with Crippen LogP contribution in [0.3, 0.4) is 0 Å². The van der Waals surface area contributed by atoms with E-state index in [0.29, 0.717) is 0 Å². The Balaban J connectivity index is 4.45. The lowest BCUT2D eigenvalue weighted by molar-refractivity contribution is -0.278. The predicted octanol–water partition coefficient (Wildman–Crippen LogP) is 3.23. The van der Waals surface area contributed by atoms with Gasteiger partial charge in [-0.05, 0) is 0 Å². The van der Waals surface area contributed by atoms with Crippen LogP contribution in [0, 0.1) is 0 Å². The molecule has 0 aliphatic heterocycles. The van der Waals surface area contributed by atoms with E-state index < -0.39 is 21.9 Å². The highest BCUT2D eigenvalue weighted by Gasteiger charge is 2.61. The molecule has 68 valence electrons. The van der Waals surface area contributed by atoms with Crippen molar-refractivity contribution in [3.63, 3.8) is 0 Å². The maximum Gasteiger partial charge on any atom is 0.454 e. The molecule has 1 atom stereocenters. The van der Waals surface area contributed by atoms with Gasteiger partial charge in [-0.15, -0.1) is 11.6 Å². The molecule has 0 aromatic carbocycles. The summed E-state index contributed by atoms with van der Waals surface area (Å²) in [7, 11) is 0. The molecule has 0 bridgehead atoms. The Kier molecular flexibility index (Phi) is 3.81. The van der Waals surface area contributed by atoms with Crippen molar-refractivity contribution in [2.24, 2.45) is 0 Å². The molecular weight excluding hydrogens is 305 g/mol. The Morgan fingerprint density at radius 1 is 1.18 bits per heavy atom. The van der Waals surface area contributed by atoms with Crippen LogP contribution in [0.1, 0.15) is 0 Å². The van der Waals surface area contributed by atoms with Crippen LogP contribution < -0.4 is 0 Å². The third-order valence-corrected chi connectivity index (χ3v) is 2.96. The fourth-order valence-electron chi connectivity index (χ4n) is 0.274. The van der Waals surface area contributed by atoms with Gasteiger partial charge in [0.1, 0.15) is 0 Å². The summed E-state index contributed by atoms with van der Waals surface area (Å²) >= 11 is 5.83. The first-order valence-corrected chi connectivity index (χ1v) is 4.16. The molecule has 0 fully saturated rings. The molecule has 0 aromatic heterocycles. The molecule has 0 saturated heterocycles. The molecule has 0 aliphatic carbocycles.